The summed E-state index contributed by atoms with van der Waals surface area (Å²) >= 11 is 0. The lowest BCUT2D eigenvalue weighted by molar-refractivity contribution is -0.122. The van der Waals surface area contributed by atoms with Gasteiger partial charge in [-0.25, -0.2) is 0 Å². The van der Waals surface area contributed by atoms with E-state index in [2.05, 4.69) is 35.6 Å². The van der Waals surface area contributed by atoms with E-state index < -0.39 is 0 Å². The molecule has 0 saturated carbocycles. The van der Waals surface area contributed by atoms with E-state index in [1.807, 2.05) is 32.9 Å². The van der Waals surface area contributed by atoms with Crippen LogP contribution >= 0.6 is 0 Å². The molecule has 106 valence electrons. The molecule has 2 aromatic carbocycles. The largest absolute Gasteiger partial charge is 0.368 e. The van der Waals surface area contributed by atoms with Crippen LogP contribution in [0.4, 0.5) is 0 Å². The van der Waals surface area contributed by atoms with Gasteiger partial charge in [0, 0.05) is 6.54 Å². The molecule has 3 heteroatoms. The molecule has 0 aliphatic carbocycles. The SMILES string of the molecule is CC(C)(C)C(NCc1ccc2ccccc2c1)C(N)=O. The van der Waals surface area contributed by atoms with Gasteiger partial charge < -0.3 is 11.1 Å². The number of fused-ring (bicyclic) bond motifs is 1. The minimum absolute atomic E-state index is 0.192. The molecule has 2 aromatic rings. The maximum Gasteiger partial charge on any atom is 0.235 e. The quantitative estimate of drug-likeness (QED) is 0.897. The van der Waals surface area contributed by atoms with Gasteiger partial charge in [0.25, 0.3) is 0 Å². The molecular formula is C17H22N2O. The Morgan fingerprint density at radius 1 is 1.15 bits per heavy atom. The second-order valence-electron chi connectivity index (χ2n) is 6.26. The molecule has 1 unspecified atom stereocenters. The molecule has 0 bridgehead atoms. The van der Waals surface area contributed by atoms with Crippen LogP contribution in [-0.4, -0.2) is 11.9 Å². The van der Waals surface area contributed by atoms with Gasteiger partial charge in [0.05, 0.1) is 6.04 Å². The summed E-state index contributed by atoms with van der Waals surface area (Å²) in [7, 11) is 0. The zero-order valence-electron chi connectivity index (χ0n) is 12.3. The Kier molecular flexibility index (Phi) is 4.09. The first-order valence-corrected chi connectivity index (χ1v) is 6.88. The third kappa shape index (κ3) is 3.36. The Labute approximate surface area is 120 Å². The zero-order chi connectivity index (χ0) is 14.8. The highest BCUT2D eigenvalue weighted by Gasteiger charge is 2.28. The van der Waals surface area contributed by atoms with E-state index in [4.69, 9.17) is 5.73 Å². The van der Waals surface area contributed by atoms with E-state index in [9.17, 15) is 4.79 Å². The lowest BCUT2D eigenvalue weighted by Gasteiger charge is -2.29. The molecule has 0 fully saturated rings. The van der Waals surface area contributed by atoms with E-state index in [1.54, 1.807) is 0 Å². The predicted octanol–water partition coefficient (Wildman–Crippen LogP) is 2.83. The van der Waals surface area contributed by atoms with Crippen molar-refractivity contribution in [1.29, 1.82) is 0 Å². The summed E-state index contributed by atoms with van der Waals surface area (Å²) in [5.41, 5.74) is 6.44. The molecule has 0 heterocycles. The summed E-state index contributed by atoms with van der Waals surface area (Å²) in [5.74, 6) is -0.307. The molecule has 3 nitrogen and oxygen atoms in total. The molecule has 0 spiro atoms. The third-order valence-electron chi connectivity index (χ3n) is 3.47. The number of benzene rings is 2. The first-order valence-electron chi connectivity index (χ1n) is 6.88. The number of hydrogen-bond donors (Lipinski definition) is 2. The van der Waals surface area contributed by atoms with E-state index in [0.29, 0.717) is 6.54 Å². The van der Waals surface area contributed by atoms with Crippen LogP contribution in [-0.2, 0) is 11.3 Å². The molecule has 0 radical (unpaired) electrons. The van der Waals surface area contributed by atoms with Gasteiger partial charge in [0.1, 0.15) is 0 Å². The van der Waals surface area contributed by atoms with Crippen LogP contribution in [0.5, 0.6) is 0 Å². The topological polar surface area (TPSA) is 55.1 Å². The summed E-state index contributed by atoms with van der Waals surface area (Å²) in [4.78, 5) is 11.5. The fourth-order valence-electron chi connectivity index (χ4n) is 2.40. The van der Waals surface area contributed by atoms with Crippen molar-refractivity contribution in [1.82, 2.24) is 5.32 Å². The Morgan fingerprint density at radius 3 is 2.40 bits per heavy atom. The van der Waals surface area contributed by atoms with Crippen LogP contribution in [0.3, 0.4) is 0 Å². The van der Waals surface area contributed by atoms with Gasteiger partial charge in [-0.05, 0) is 27.8 Å². The van der Waals surface area contributed by atoms with Crippen molar-refractivity contribution in [2.75, 3.05) is 0 Å². The van der Waals surface area contributed by atoms with Crippen molar-refractivity contribution < 1.29 is 4.79 Å². The van der Waals surface area contributed by atoms with Crippen molar-refractivity contribution in [3.8, 4) is 0 Å². The number of carbonyl (C=O) groups is 1. The van der Waals surface area contributed by atoms with Gasteiger partial charge in [-0.15, -0.1) is 0 Å². The molecule has 1 amide bonds. The summed E-state index contributed by atoms with van der Waals surface area (Å²) in [6.07, 6.45) is 0. The second-order valence-corrected chi connectivity index (χ2v) is 6.26. The van der Waals surface area contributed by atoms with E-state index in [0.717, 1.165) is 5.56 Å². The normalized spacial score (nSPS) is 13.3. The summed E-state index contributed by atoms with van der Waals surface area (Å²) in [6, 6.07) is 14.2. The van der Waals surface area contributed by atoms with Crippen LogP contribution < -0.4 is 11.1 Å². The molecule has 0 aromatic heterocycles. The second kappa shape index (κ2) is 5.63. The third-order valence-corrected chi connectivity index (χ3v) is 3.47. The molecule has 0 saturated heterocycles. The molecule has 20 heavy (non-hydrogen) atoms. The van der Waals surface area contributed by atoms with Crippen molar-refractivity contribution in [3.63, 3.8) is 0 Å². The van der Waals surface area contributed by atoms with Crippen molar-refractivity contribution in [2.45, 2.75) is 33.4 Å². The molecule has 2 rings (SSSR count). The van der Waals surface area contributed by atoms with Gasteiger partial charge >= 0.3 is 0 Å². The van der Waals surface area contributed by atoms with Crippen LogP contribution in [0.2, 0.25) is 0 Å². The van der Waals surface area contributed by atoms with Crippen molar-refractivity contribution in [3.05, 3.63) is 48.0 Å². The summed E-state index contributed by atoms with van der Waals surface area (Å²) in [6.45, 7) is 6.66. The lowest BCUT2D eigenvalue weighted by atomic mass is 9.86. The smallest absolute Gasteiger partial charge is 0.235 e. The average molecular weight is 270 g/mol. The van der Waals surface area contributed by atoms with Crippen LogP contribution in [0.25, 0.3) is 10.8 Å². The Hall–Kier alpha value is -1.87. The van der Waals surface area contributed by atoms with E-state index in [1.165, 1.54) is 10.8 Å². The Morgan fingerprint density at radius 2 is 1.80 bits per heavy atom. The molecule has 0 aliphatic rings. The predicted molar refractivity (Wildman–Crippen MR) is 83.2 cm³/mol. The average Bonchev–Trinajstić information content (AvgIpc) is 2.36. The molecule has 1 atom stereocenters. The summed E-state index contributed by atoms with van der Waals surface area (Å²) < 4.78 is 0. The Bertz CT molecular complexity index is 614. The fraction of sp³-hybridized carbons (Fsp3) is 0.353. The van der Waals surface area contributed by atoms with Crippen LogP contribution in [0.1, 0.15) is 26.3 Å². The highest BCUT2D eigenvalue weighted by molar-refractivity contribution is 5.83. The number of rotatable bonds is 4. The first kappa shape index (κ1) is 14.5. The highest BCUT2D eigenvalue weighted by atomic mass is 16.1. The maximum absolute atomic E-state index is 11.5. The van der Waals surface area contributed by atoms with Gasteiger partial charge in [-0.2, -0.15) is 0 Å². The monoisotopic (exact) mass is 270 g/mol. The lowest BCUT2D eigenvalue weighted by Crippen LogP contribution is -2.49. The zero-order valence-corrected chi connectivity index (χ0v) is 12.3. The Balaban J connectivity index is 2.14. The highest BCUT2D eigenvalue weighted by Crippen LogP contribution is 2.20. The molecule has 0 aliphatic heterocycles. The fourth-order valence-corrected chi connectivity index (χ4v) is 2.40. The van der Waals surface area contributed by atoms with E-state index >= 15 is 0 Å². The number of carbonyl (C=O) groups excluding carboxylic acids is 1. The van der Waals surface area contributed by atoms with Crippen LogP contribution in [0.15, 0.2) is 42.5 Å². The van der Waals surface area contributed by atoms with Gasteiger partial charge in [-0.1, -0.05) is 57.2 Å². The number of hydrogen-bond acceptors (Lipinski definition) is 2. The number of primary amides is 1. The molecular weight excluding hydrogens is 248 g/mol. The maximum atomic E-state index is 11.5. The molecule has 3 N–H and O–H groups in total. The minimum Gasteiger partial charge on any atom is -0.368 e. The van der Waals surface area contributed by atoms with Crippen LogP contribution in [0, 0.1) is 5.41 Å². The van der Waals surface area contributed by atoms with E-state index in [-0.39, 0.29) is 17.4 Å². The van der Waals surface area contributed by atoms with Gasteiger partial charge in [-0.3, -0.25) is 4.79 Å². The number of amides is 1. The van der Waals surface area contributed by atoms with Gasteiger partial charge in [0.2, 0.25) is 5.91 Å². The van der Waals surface area contributed by atoms with Crippen molar-refractivity contribution >= 4 is 16.7 Å². The van der Waals surface area contributed by atoms with Gasteiger partial charge in [0.15, 0.2) is 0 Å². The number of nitrogens with one attached hydrogen (secondary N) is 1. The first-order chi connectivity index (χ1) is 9.38. The standard InChI is InChI=1S/C17H22N2O/c1-17(2,3)15(16(18)20)19-11-12-8-9-13-6-4-5-7-14(13)10-12/h4-10,15,19H,11H2,1-3H3,(H2,18,20). The summed E-state index contributed by atoms with van der Waals surface area (Å²) in [5, 5.41) is 5.69. The van der Waals surface area contributed by atoms with Crippen molar-refractivity contribution in [2.24, 2.45) is 11.1 Å². The minimum atomic E-state index is -0.339. The number of nitrogens with two attached hydrogens (primary N) is 1.